The maximum absolute atomic E-state index is 12.3. The fourth-order valence-electron chi connectivity index (χ4n) is 2.96. The summed E-state index contributed by atoms with van der Waals surface area (Å²) in [5.41, 5.74) is 0.844. The van der Waals surface area contributed by atoms with Crippen LogP contribution in [0.1, 0.15) is 0 Å². The molecule has 130 valence electrons. The van der Waals surface area contributed by atoms with E-state index in [0.717, 1.165) is 44.2 Å². The number of hydrogen-bond acceptors (Lipinski definition) is 5. The first kappa shape index (κ1) is 18.5. The van der Waals surface area contributed by atoms with Gasteiger partial charge >= 0.3 is 0 Å². The molecule has 0 aromatic carbocycles. The summed E-state index contributed by atoms with van der Waals surface area (Å²) < 4.78 is 1.78. The lowest BCUT2D eigenvalue weighted by molar-refractivity contribution is -0.132. The summed E-state index contributed by atoms with van der Waals surface area (Å²) in [6.45, 7) is 3.85. The van der Waals surface area contributed by atoms with Crippen LogP contribution < -0.4 is 10.2 Å². The third-order valence-electron chi connectivity index (χ3n) is 4.21. The minimum atomic E-state index is -0.146. The van der Waals surface area contributed by atoms with Crippen molar-refractivity contribution in [3.63, 3.8) is 0 Å². The van der Waals surface area contributed by atoms with Crippen molar-refractivity contribution in [3.05, 3.63) is 36.7 Å². The number of carbonyl (C=O) groups is 1. The van der Waals surface area contributed by atoms with Crippen LogP contribution in [0.15, 0.2) is 36.7 Å². The number of halogens is 2. The quantitative estimate of drug-likeness (QED) is 0.790. The van der Waals surface area contributed by atoms with E-state index in [1.807, 2.05) is 35.4 Å². The first-order valence-corrected chi connectivity index (χ1v) is 7.55. The van der Waals surface area contributed by atoms with Crippen molar-refractivity contribution in [2.24, 2.45) is 0 Å². The van der Waals surface area contributed by atoms with Gasteiger partial charge in [-0.05, 0) is 12.1 Å². The average molecular weight is 371 g/mol. The summed E-state index contributed by atoms with van der Waals surface area (Å²) >= 11 is 0. The van der Waals surface area contributed by atoms with Gasteiger partial charge in [-0.15, -0.1) is 29.9 Å². The highest BCUT2D eigenvalue weighted by Crippen LogP contribution is 2.15. The van der Waals surface area contributed by atoms with Crippen molar-refractivity contribution in [2.75, 3.05) is 37.6 Å². The Bertz CT molecular complexity index is 726. The molecule has 7 nitrogen and oxygen atoms in total. The highest BCUT2D eigenvalue weighted by atomic mass is 35.5. The molecular weight excluding hydrogens is 351 g/mol. The molecule has 0 saturated carbocycles. The van der Waals surface area contributed by atoms with Crippen molar-refractivity contribution in [1.29, 1.82) is 0 Å². The standard InChI is InChI=1S/C15H18N6O.2ClH/c22-15(12-2-1-5-16-12)20-10-8-19(9-11-20)14-4-3-13-17-6-7-21(13)18-14;;/h1-4,6-7,12,16H,5,8-11H2;2*1H. The van der Waals surface area contributed by atoms with E-state index in [-0.39, 0.29) is 36.8 Å². The summed E-state index contributed by atoms with van der Waals surface area (Å²) in [6.07, 6.45) is 7.54. The highest BCUT2D eigenvalue weighted by molar-refractivity contribution is 5.86. The number of imidazole rings is 1. The Morgan fingerprint density at radius 1 is 1.17 bits per heavy atom. The average Bonchev–Trinajstić information content (AvgIpc) is 3.25. The van der Waals surface area contributed by atoms with Crippen LogP contribution in [-0.4, -0.2) is 64.2 Å². The van der Waals surface area contributed by atoms with Crippen LogP contribution in [0.4, 0.5) is 5.82 Å². The fourth-order valence-corrected chi connectivity index (χ4v) is 2.96. The van der Waals surface area contributed by atoms with Crippen LogP contribution >= 0.6 is 24.8 Å². The van der Waals surface area contributed by atoms with Crippen molar-refractivity contribution >= 4 is 42.2 Å². The topological polar surface area (TPSA) is 65.8 Å². The predicted molar refractivity (Wildman–Crippen MR) is 97.2 cm³/mol. The van der Waals surface area contributed by atoms with Crippen LogP contribution in [-0.2, 0) is 4.79 Å². The Balaban J connectivity index is 0.00000104. The first-order valence-electron chi connectivity index (χ1n) is 7.55. The van der Waals surface area contributed by atoms with Gasteiger partial charge in [-0.2, -0.15) is 0 Å². The van der Waals surface area contributed by atoms with Crippen molar-refractivity contribution < 1.29 is 4.79 Å². The SMILES string of the molecule is Cl.Cl.O=C(C1C=CCN1)N1CCN(c2ccc3nccn3n2)CC1. The van der Waals surface area contributed by atoms with Gasteiger partial charge in [0.1, 0.15) is 11.9 Å². The van der Waals surface area contributed by atoms with E-state index in [9.17, 15) is 4.79 Å². The minimum absolute atomic E-state index is 0. The zero-order valence-electron chi connectivity index (χ0n) is 13.0. The summed E-state index contributed by atoms with van der Waals surface area (Å²) in [7, 11) is 0. The Kier molecular flexibility index (Phi) is 6.04. The Morgan fingerprint density at radius 2 is 1.96 bits per heavy atom. The maximum atomic E-state index is 12.3. The van der Waals surface area contributed by atoms with E-state index >= 15 is 0 Å². The van der Waals surface area contributed by atoms with Gasteiger partial charge in [0.25, 0.3) is 0 Å². The van der Waals surface area contributed by atoms with Crippen LogP contribution in [0, 0.1) is 0 Å². The molecule has 2 aliphatic heterocycles. The molecule has 1 saturated heterocycles. The Labute approximate surface area is 152 Å². The maximum Gasteiger partial charge on any atom is 0.243 e. The third-order valence-corrected chi connectivity index (χ3v) is 4.21. The molecule has 1 atom stereocenters. The van der Waals surface area contributed by atoms with E-state index in [1.54, 1.807) is 10.7 Å². The molecule has 0 spiro atoms. The van der Waals surface area contributed by atoms with Gasteiger partial charge in [0.2, 0.25) is 5.91 Å². The zero-order chi connectivity index (χ0) is 14.9. The van der Waals surface area contributed by atoms with Gasteiger partial charge in [-0.25, -0.2) is 9.50 Å². The van der Waals surface area contributed by atoms with Crippen molar-refractivity contribution in [1.82, 2.24) is 24.8 Å². The second-order valence-electron chi connectivity index (χ2n) is 5.55. The van der Waals surface area contributed by atoms with E-state index in [0.29, 0.717) is 0 Å². The minimum Gasteiger partial charge on any atom is -0.352 e. The Hall–Kier alpha value is -1.83. The first-order chi connectivity index (χ1) is 10.8. The molecule has 1 fully saturated rings. The molecule has 2 aromatic heterocycles. The van der Waals surface area contributed by atoms with Gasteiger partial charge in [-0.1, -0.05) is 12.2 Å². The number of aromatic nitrogens is 3. The number of rotatable bonds is 2. The summed E-state index contributed by atoms with van der Waals surface area (Å²) in [5.74, 6) is 1.10. The summed E-state index contributed by atoms with van der Waals surface area (Å²) in [6, 6.07) is 3.81. The molecule has 9 heteroatoms. The molecule has 2 aromatic rings. The highest BCUT2D eigenvalue weighted by Gasteiger charge is 2.27. The number of piperazine rings is 1. The number of nitrogens with zero attached hydrogens (tertiary/aromatic N) is 5. The normalized spacial score (nSPS) is 19.9. The number of amides is 1. The number of hydrogen-bond donors (Lipinski definition) is 1. The number of carbonyl (C=O) groups excluding carboxylic acids is 1. The second-order valence-corrected chi connectivity index (χ2v) is 5.55. The van der Waals surface area contributed by atoms with E-state index in [1.165, 1.54) is 0 Å². The molecule has 1 unspecified atom stereocenters. The summed E-state index contributed by atoms with van der Waals surface area (Å²) in [5, 5.41) is 7.73. The van der Waals surface area contributed by atoms with Crippen LogP contribution in [0.3, 0.4) is 0 Å². The zero-order valence-corrected chi connectivity index (χ0v) is 14.7. The molecule has 0 radical (unpaired) electrons. The van der Waals surface area contributed by atoms with Gasteiger partial charge < -0.3 is 9.80 Å². The predicted octanol–water partition coefficient (Wildman–Crippen LogP) is 0.749. The van der Waals surface area contributed by atoms with E-state index in [2.05, 4.69) is 20.3 Å². The van der Waals surface area contributed by atoms with Crippen LogP contribution in [0.2, 0.25) is 0 Å². The summed E-state index contributed by atoms with van der Waals surface area (Å²) in [4.78, 5) is 20.7. The smallest absolute Gasteiger partial charge is 0.243 e. The van der Waals surface area contributed by atoms with Crippen LogP contribution in [0.25, 0.3) is 5.65 Å². The molecule has 1 N–H and O–H groups in total. The Morgan fingerprint density at radius 3 is 2.67 bits per heavy atom. The largest absolute Gasteiger partial charge is 0.352 e. The van der Waals surface area contributed by atoms with Gasteiger partial charge in [0.15, 0.2) is 5.65 Å². The molecular formula is C15H20Cl2N6O. The number of fused-ring (bicyclic) bond motifs is 1. The molecule has 24 heavy (non-hydrogen) atoms. The monoisotopic (exact) mass is 370 g/mol. The fraction of sp³-hybridized carbons (Fsp3) is 0.400. The van der Waals surface area contributed by atoms with Crippen LogP contribution in [0.5, 0.6) is 0 Å². The van der Waals surface area contributed by atoms with Gasteiger partial charge in [-0.3, -0.25) is 10.1 Å². The number of anilines is 1. The van der Waals surface area contributed by atoms with Crippen molar-refractivity contribution in [2.45, 2.75) is 6.04 Å². The van der Waals surface area contributed by atoms with Gasteiger partial charge in [0.05, 0.1) is 0 Å². The lowest BCUT2D eigenvalue weighted by Gasteiger charge is -2.36. The third kappa shape index (κ3) is 3.48. The molecule has 1 amide bonds. The second kappa shape index (κ2) is 7.83. The molecule has 2 aliphatic rings. The van der Waals surface area contributed by atoms with E-state index in [4.69, 9.17) is 0 Å². The van der Waals surface area contributed by atoms with Gasteiger partial charge in [0, 0.05) is 45.1 Å². The van der Waals surface area contributed by atoms with E-state index < -0.39 is 0 Å². The molecule has 0 aliphatic carbocycles. The molecule has 0 bridgehead atoms. The lowest BCUT2D eigenvalue weighted by atomic mass is 10.2. The molecule has 4 rings (SSSR count). The lowest BCUT2D eigenvalue weighted by Crippen LogP contribution is -2.53. The number of nitrogens with one attached hydrogen (secondary N) is 1. The van der Waals surface area contributed by atoms with Crippen molar-refractivity contribution in [3.8, 4) is 0 Å². The molecule has 4 heterocycles.